The topological polar surface area (TPSA) is 70.5 Å². The van der Waals surface area contributed by atoms with Crippen LogP contribution in [0, 0.1) is 17.6 Å². The fourth-order valence-electron chi connectivity index (χ4n) is 3.85. The predicted octanol–water partition coefficient (Wildman–Crippen LogP) is 5.22. The summed E-state index contributed by atoms with van der Waals surface area (Å²) in [4.78, 5) is 10.5. The van der Waals surface area contributed by atoms with Crippen LogP contribution in [0.25, 0.3) is 16.8 Å². The summed E-state index contributed by atoms with van der Waals surface area (Å²) in [5.41, 5.74) is 1.98. The average molecular weight is 492 g/mol. The lowest BCUT2D eigenvalue weighted by atomic mass is 10.0. The molecule has 35 heavy (non-hydrogen) atoms. The van der Waals surface area contributed by atoms with Crippen LogP contribution in [0.4, 0.5) is 33.5 Å². The summed E-state index contributed by atoms with van der Waals surface area (Å²) in [5, 5.41) is 12.3. The van der Waals surface area contributed by atoms with Crippen molar-refractivity contribution < 1.29 is 31.8 Å². The molecule has 6 nitrogen and oxygen atoms in total. The molecule has 0 spiro atoms. The van der Waals surface area contributed by atoms with Crippen molar-refractivity contribution in [2.24, 2.45) is 5.92 Å². The van der Waals surface area contributed by atoms with Gasteiger partial charge in [-0.05, 0) is 30.7 Å². The zero-order valence-electron chi connectivity index (χ0n) is 18.3. The Balaban J connectivity index is 1.62. The van der Waals surface area contributed by atoms with Crippen LogP contribution >= 0.6 is 0 Å². The van der Waals surface area contributed by atoms with E-state index in [1.165, 1.54) is 24.5 Å². The average Bonchev–Trinajstić information content (AvgIpc) is 3.29. The van der Waals surface area contributed by atoms with Gasteiger partial charge >= 0.3 is 6.36 Å². The third-order valence-corrected chi connectivity index (χ3v) is 5.53. The van der Waals surface area contributed by atoms with Crippen LogP contribution in [0.1, 0.15) is 12.0 Å². The SMILES string of the molecule is C=C(Nc1ccc(OC(F)(F)F)c(F)c1)c1cnc(N2CC[C@H](CO)C2)c(-c2cncc(F)c2)c1. The molecular weight excluding hydrogens is 471 g/mol. The van der Waals surface area contributed by atoms with Gasteiger partial charge in [-0.1, -0.05) is 6.58 Å². The molecule has 2 aromatic heterocycles. The van der Waals surface area contributed by atoms with E-state index in [1.807, 2.05) is 4.90 Å². The Bertz CT molecular complexity index is 1230. The second kappa shape index (κ2) is 9.87. The molecule has 11 heteroatoms. The second-order valence-corrected chi connectivity index (χ2v) is 8.07. The van der Waals surface area contributed by atoms with Gasteiger partial charge < -0.3 is 20.1 Å². The van der Waals surface area contributed by atoms with Gasteiger partial charge in [-0.25, -0.2) is 13.8 Å². The Morgan fingerprint density at radius 2 is 1.97 bits per heavy atom. The molecule has 0 aliphatic carbocycles. The van der Waals surface area contributed by atoms with Gasteiger partial charge in [0.05, 0.1) is 6.20 Å². The summed E-state index contributed by atoms with van der Waals surface area (Å²) in [5.74, 6) is -1.99. The summed E-state index contributed by atoms with van der Waals surface area (Å²) in [6.45, 7) is 5.22. The van der Waals surface area contributed by atoms with E-state index in [2.05, 4.69) is 26.6 Å². The first-order chi connectivity index (χ1) is 16.6. The third-order valence-electron chi connectivity index (χ3n) is 5.53. The van der Waals surface area contributed by atoms with Gasteiger partial charge in [-0.15, -0.1) is 13.2 Å². The number of nitrogens with zero attached hydrogens (tertiary/aromatic N) is 3. The summed E-state index contributed by atoms with van der Waals surface area (Å²) >= 11 is 0. The van der Waals surface area contributed by atoms with Crippen LogP contribution in [0.15, 0.2) is 55.5 Å². The maximum atomic E-state index is 14.1. The number of hydrogen-bond acceptors (Lipinski definition) is 6. The minimum atomic E-state index is -5.01. The molecule has 4 rings (SSSR count). The quantitative estimate of drug-likeness (QED) is 0.441. The number of pyridine rings is 2. The molecule has 2 N–H and O–H groups in total. The highest BCUT2D eigenvalue weighted by Gasteiger charge is 2.32. The fourth-order valence-corrected chi connectivity index (χ4v) is 3.85. The molecular formula is C24H21F5N4O2. The van der Waals surface area contributed by atoms with Gasteiger partial charge in [0.15, 0.2) is 11.6 Å². The minimum absolute atomic E-state index is 0.0511. The monoisotopic (exact) mass is 492 g/mol. The lowest BCUT2D eigenvalue weighted by Crippen LogP contribution is -2.22. The van der Waals surface area contributed by atoms with Crippen LogP contribution in [0.3, 0.4) is 0 Å². The van der Waals surface area contributed by atoms with E-state index in [-0.39, 0.29) is 23.9 Å². The number of hydrogen-bond donors (Lipinski definition) is 2. The van der Waals surface area contributed by atoms with Gasteiger partial charge in [0.25, 0.3) is 0 Å². The normalized spacial score (nSPS) is 15.8. The molecule has 0 unspecified atom stereocenters. The van der Waals surface area contributed by atoms with Crippen LogP contribution in [-0.4, -0.2) is 41.1 Å². The largest absolute Gasteiger partial charge is 0.573 e. The van der Waals surface area contributed by atoms with Crippen molar-refractivity contribution in [2.45, 2.75) is 12.8 Å². The lowest BCUT2D eigenvalue weighted by Gasteiger charge is -2.22. The maximum absolute atomic E-state index is 14.1. The highest BCUT2D eigenvalue weighted by molar-refractivity contribution is 5.82. The van der Waals surface area contributed by atoms with E-state index in [4.69, 9.17) is 0 Å². The number of halogens is 5. The van der Waals surface area contributed by atoms with Crippen LogP contribution < -0.4 is 15.0 Å². The van der Waals surface area contributed by atoms with Crippen LogP contribution in [0.5, 0.6) is 5.75 Å². The van der Waals surface area contributed by atoms with Crippen LogP contribution in [-0.2, 0) is 0 Å². The highest BCUT2D eigenvalue weighted by atomic mass is 19.4. The number of aliphatic hydroxyl groups excluding tert-OH is 1. The molecule has 0 amide bonds. The minimum Gasteiger partial charge on any atom is -0.403 e. The van der Waals surface area contributed by atoms with Crippen molar-refractivity contribution in [1.82, 2.24) is 9.97 Å². The molecule has 1 fully saturated rings. The number of benzene rings is 1. The zero-order chi connectivity index (χ0) is 25.2. The first kappa shape index (κ1) is 24.4. The number of alkyl halides is 3. The second-order valence-electron chi connectivity index (χ2n) is 8.07. The zero-order valence-corrected chi connectivity index (χ0v) is 18.3. The number of aliphatic hydroxyl groups is 1. The first-order valence-electron chi connectivity index (χ1n) is 10.6. The Morgan fingerprint density at radius 1 is 1.17 bits per heavy atom. The standard InChI is InChI=1S/C24H21F5N4O2/c1-14(32-19-2-3-22(21(26)8-19)35-24(27,28)29)16-7-20(17-6-18(25)11-30-9-17)23(31-10-16)33-5-4-15(12-33)13-34/h2-3,6-11,15,32,34H,1,4-5,12-13H2/t15-/m0/s1. The number of anilines is 2. The van der Waals surface area contributed by atoms with E-state index >= 15 is 0 Å². The van der Waals surface area contributed by atoms with E-state index in [0.717, 1.165) is 24.8 Å². The Hall–Kier alpha value is -3.73. The molecule has 1 saturated heterocycles. The Labute approximate surface area is 197 Å². The van der Waals surface area contributed by atoms with Gasteiger partial charge in [0.1, 0.15) is 11.6 Å². The maximum Gasteiger partial charge on any atom is 0.573 e. The molecule has 0 radical (unpaired) electrons. The molecule has 0 bridgehead atoms. The molecule has 3 aromatic rings. The van der Waals surface area contributed by atoms with E-state index < -0.39 is 23.7 Å². The number of nitrogens with one attached hydrogen (secondary N) is 1. The number of aromatic nitrogens is 2. The van der Waals surface area contributed by atoms with Crippen LogP contribution in [0.2, 0.25) is 0 Å². The summed E-state index contributed by atoms with van der Waals surface area (Å²) in [6, 6.07) is 5.97. The lowest BCUT2D eigenvalue weighted by molar-refractivity contribution is -0.275. The molecule has 1 aromatic carbocycles. The predicted molar refractivity (Wildman–Crippen MR) is 121 cm³/mol. The van der Waals surface area contributed by atoms with Crippen molar-refractivity contribution >= 4 is 17.2 Å². The molecule has 1 atom stereocenters. The Kier molecular flexibility index (Phi) is 6.88. The molecule has 1 aliphatic rings. The highest BCUT2D eigenvalue weighted by Crippen LogP contribution is 2.35. The number of ether oxygens (including phenoxy) is 1. The van der Waals surface area contributed by atoms with Crippen molar-refractivity contribution in [3.8, 4) is 16.9 Å². The van der Waals surface area contributed by atoms with Gasteiger partial charge in [-0.3, -0.25) is 4.98 Å². The van der Waals surface area contributed by atoms with Gasteiger partial charge in [0.2, 0.25) is 0 Å². The smallest absolute Gasteiger partial charge is 0.403 e. The molecule has 184 valence electrons. The molecule has 0 saturated carbocycles. The van der Waals surface area contributed by atoms with Crippen molar-refractivity contribution in [2.75, 3.05) is 29.9 Å². The van der Waals surface area contributed by atoms with Crippen molar-refractivity contribution in [3.63, 3.8) is 0 Å². The molecule has 3 heterocycles. The van der Waals surface area contributed by atoms with Gasteiger partial charge in [-0.2, -0.15) is 0 Å². The summed E-state index contributed by atoms with van der Waals surface area (Å²) in [6.07, 6.45) is -0.113. The molecule has 1 aliphatic heterocycles. The van der Waals surface area contributed by atoms with E-state index in [9.17, 15) is 27.1 Å². The summed E-state index contributed by atoms with van der Waals surface area (Å²) in [7, 11) is 0. The first-order valence-corrected chi connectivity index (χ1v) is 10.6. The van der Waals surface area contributed by atoms with Crippen molar-refractivity contribution in [3.05, 3.63) is 72.7 Å². The fraction of sp³-hybridized carbons (Fsp3) is 0.250. The van der Waals surface area contributed by atoms with E-state index in [1.54, 1.807) is 6.07 Å². The number of rotatable bonds is 7. The van der Waals surface area contributed by atoms with Gasteiger partial charge in [0, 0.05) is 72.1 Å². The van der Waals surface area contributed by atoms with E-state index in [0.29, 0.717) is 35.6 Å². The summed E-state index contributed by atoms with van der Waals surface area (Å²) < 4.78 is 68.7. The Morgan fingerprint density at radius 3 is 2.63 bits per heavy atom. The van der Waals surface area contributed by atoms with Crippen molar-refractivity contribution in [1.29, 1.82) is 0 Å². The third kappa shape index (κ3) is 5.86.